The molecule has 6 nitrogen and oxygen atoms in total. The van der Waals surface area contributed by atoms with E-state index in [1.807, 2.05) is 55.9 Å². The first-order valence-corrected chi connectivity index (χ1v) is 8.46. The average molecular weight is 330 g/mol. The van der Waals surface area contributed by atoms with Gasteiger partial charge in [0.2, 0.25) is 5.91 Å². The minimum absolute atomic E-state index is 0.0999. The molecule has 0 spiro atoms. The van der Waals surface area contributed by atoms with Gasteiger partial charge < -0.3 is 14.2 Å². The number of nitrogens with zero attached hydrogens (tertiary/aromatic N) is 4. The molecule has 2 heterocycles. The number of para-hydroxylation sites is 2. The molecule has 1 aliphatic heterocycles. The van der Waals surface area contributed by atoms with E-state index < -0.39 is 0 Å². The van der Waals surface area contributed by atoms with Crippen LogP contribution in [0.3, 0.4) is 0 Å². The second kappa shape index (κ2) is 6.91. The lowest BCUT2D eigenvalue weighted by molar-refractivity contribution is -0.144. The second-order valence-corrected chi connectivity index (χ2v) is 6.80. The number of carbonyl (C=O) groups excluding carboxylic acids is 1. The highest BCUT2D eigenvalue weighted by atomic mass is 16.5. The molecule has 0 radical (unpaired) electrons. The number of hydrogen-bond donors (Lipinski definition) is 0. The summed E-state index contributed by atoms with van der Waals surface area (Å²) in [6.07, 6.45) is 0.200. The molecule has 1 amide bonds. The molecule has 1 fully saturated rings. The van der Waals surface area contributed by atoms with Crippen LogP contribution in [0.2, 0.25) is 0 Å². The van der Waals surface area contributed by atoms with Crippen LogP contribution in [-0.4, -0.2) is 64.1 Å². The first-order chi connectivity index (χ1) is 11.4. The summed E-state index contributed by atoms with van der Waals surface area (Å²) in [7, 11) is 3.98. The van der Waals surface area contributed by atoms with Crippen LogP contribution in [0, 0.1) is 0 Å². The zero-order chi connectivity index (χ0) is 17.3. The lowest BCUT2D eigenvalue weighted by atomic mass is 10.2. The third-order valence-electron chi connectivity index (χ3n) is 4.47. The van der Waals surface area contributed by atoms with E-state index in [4.69, 9.17) is 4.74 Å². The number of morpholine rings is 1. The Morgan fingerprint density at radius 3 is 2.62 bits per heavy atom. The molecule has 1 aromatic carbocycles. The van der Waals surface area contributed by atoms with Crippen molar-refractivity contribution in [2.75, 3.05) is 26.7 Å². The number of imidazole rings is 1. The standard InChI is InChI=1S/C18H26N4O2/c1-13-9-22(10-14(2)24-13)18(23)12-20(3)11-17-19-15-7-5-6-8-16(15)21(17)4/h5-8,13-14H,9-12H2,1-4H3/t13-,14+. The van der Waals surface area contributed by atoms with Crippen molar-refractivity contribution >= 4 is 16.9 Å². The number of benzene rings is 1. The van der Waals surface area contributed by atoms with Gasteiger partial charge >= 0.3 is 0 Å². The smallest absolute Gasteiger partial charge is 0.236 e. The maximum atomic E-state index is 12.5. The van der Waals surface area contributed by atoms with Gasteiger partial charge in [-0.1, -0.05) is 12.1 Å². The quantitative estimate of drug-likeness (QED) is 0.855. The third-order valence-corrected chi connectivity index (χ3v) is 4.47. The predicted molar refractivity (Wildman–Crippen MR) is 93.6 cm³/mol. The van der Waals surface area contributed by atoms with Gasteiger partial charge in [0.25, 0.3) is 0 Å². The molecule has 0 aliphatic carbocycles. The van der Waals surface area contributed by atoms with Gasteiger partial charge in [-0.15, -0.1) is 0 Å². The first kappa shape index (κ1) is 16.9. The second-order valence-electron chi connectivity index (χ2n) is 6.80. The zero-order valence-electron chi connectivity index (χ0n) is 14.9. The fourth-order valence-corrected chi connectivity index (χ4v) is 3.35. The number of aryl methyl sites for hydroxylation is 1. The monoisotopic (exact) mass is 330 g/mol. The molecule has 0 unspecified atom stereocenters. The van der Waals surface area contributed by atoms with Gasteiger partial charge in [0, 0.05) is 20.1 Å². The zero-order valence-corrected chi connectivity index (χ0v) is 14.9. The number of fused-ring (bicyclic) bond motifs is 1. The Kier molecular flexibility index (Phi) is 4.87. The van der Waals surface area contributed by atoms with Gasteiger partial charge in [0.05, 0.1) is 36.3 Å². The SMILES string of the molecule is C[C@@H]1CN(C(=O)CN(C)Cc2nc3ccccc3n2C)C[C@H](C)O1. The van der Waals surface area contributed by atoms with Crippen LogP contribution in [0.4, 0.5) is 0 Å². The van der Waals surface area contributed by atoms with Crippen molar-refractivity contribution in [3.63, 3.8) is 0 Å². The summed E-state index contributed by atoms with van der Waals surface area (Å²) in [5.41, 5.74) is 2.11. The molecule has 130 valence electrons. The van der Waals surface area contributed by atoms with Crippen molar-refractivity contribution in [1.29, 1.82) is 0 Å². The minimum atomic E-state index is 0.0999. The van der Waals surface area contributed by atoms with E-state index in [1.54, 1.807) is 0 Å². The molecule has 0 N–H and O–H groups in total. The maximum absolute atomic E-state index is 12.5. The van der Waals surface area contributed by atoms with Gasteiger partial charge in [-0.2, -0.15) is 0 Å². The van der Waals surface area contributed by atoms with Crippen LogP contribution in [0.1, 0.15) is 19.7 Å². The van der Waals surface area contributed by atoms with Gasteiger partial charge in [-0.25, -0.2) is 4.98 Å². The van der Waals surface area contributed by atoms with Crippen LogP contribution < -0.4 is 0 Å². The molecular formula is C18H26N4O2. The summed E-state index contributed by atoms with van der Waals surface area (Å²) in [4.78, 5) is 21.2. The number of amides is 1. The van der Waals surface area contributed by atoms with Crippen molar-refractivity contribution in [3.8, 4) is 0 Å². The third kappa shape index (κ3) is 3.60. The first-order valence-electron chi connectivity index (χ1n) is 8.46. The number of ether oxygens (including phenoxy) is 1. The minimum Gasteiger partial charge on any atom is -0.372 e. The van der Waals surface area contributed by atoms with E-state index >= 15 is 0 Å². The van der Waals surface area contributed by atoms with Gasteiger partial charge in [0.1, 0.15) is 5.82 Å². The van der Waals surface area contributed by atoms with E-state index in [9.17, 15) is 4.79 Å². The van der Waals surface area contributed by atoms with Crippen LogP contribution in [0.15, 0.2) is 24.3 Å². The number of rotatable bonds is 4. The fourth-order valence-electron chi connectivity index (χ4n) is 3.35. The Balaban J connectivity index is 1.63. The van der Waals surface area contributed by atoms with Crippen molar-refractivity contribution in [2.45, 2.75) is 32.6 Å². The Morgan fingerprint density at radius 2 is 1.96 bits per heavy atom. The van der Waals surface area contributed by atoms with Gasteiger partial charge in [-0.3, -0.25) is 9.69 Å². The topological polar surface area (TPSA) is 50.6 Å². The molecule has 0 saturated carbocycles. The summed E-state index contributed by atoms with van der Waals surface area (Å²) < 4.78 is 7.79. The van der Waals surface area contributed by atoms with Crippen molar-refractivity contribution in [1.82, 2.24) is 19.4 Å². The summed E-state index contributed by atoms with van der Waals surface area (Å²) in [5.74, 6) is 1.12. The largest absolute Gasteiger partial charge is 0.372 e. The van der Waals surface area contributed by atoms with Crippen LogP contribution in [-0.2, 0) is 23.1 Å². The van der Waals surface area contributed by atoms with Crippen molar-refractivity contribution in [3.05, 3.63) is 30.1 Å². The van der Waals surface area contributed by atoms with E-state index in [2.05, 4.69) is 15.6 Å². The highest BCUT2D eigenvalue weighted by Gasteiger charge is 2.26. The highest BCUT2D eigenvalue weighted by molar-refractivity contribution is 5.78. The fraction of sp³-hybridized carbons (Fsp3) is 0.556. The van der Waals surface area contributed by atoms with Gasteiger partial charge in [0.15, 0.2) is 0 Å². The molecule has 1 aromatic heterocycles. The summed E-state index contributed by atoms with van der Waals surface area (Å²) in [5, 5.41) is 0. The Hall–Kier alpha value is -1.92. The van der Waals surface area contributed by atoms with Crippen LogP contribution >= 0.6 is 0 Å². The molecule has 2 atom stereocenters. The summed E-state index contributed by atoms with van der Waals surface area (Å²) in [6.45, 7) is 6.40. The highest BCUT2D eigenvalue weighted by Crippen LogP contribution is 2.16. The Labute approximate surface area is 143 Å². The lowest BCUT2D eigenvalue weighted by Gasteiger charge is -2.36. The predicted octanol–water partition coefficient (Wildman–Crippen LogP) is 1.64. The van der Waals surface area contributed by atoms with Crippen LogP contribution in [0.5, 0.6) is 0 Å². The number of aromatic nitrogens is 2. The van der Waals surface area contributed by atoms with Crippen molar-refractivity contribution < 1.29 is 9.53 Å². The molecule has 3 rings (SSSR count). The number of carbonyl (C=O) groups is 1. The average Bonchev–Trinajstić information content (AvgIpc) is 2.83. The number of hydrogen-bond acceptors (Lipinski definition) is 4. The molecule has 6 heteroatoms. The maximum Gasteiger partial charge on any atom is 0.236 e. The molecule has 1 saturated heterocycles. The molecule has 0 bridgehead atoms. The lowest BCUT2D eigenvalue weighted by Crippen LogP contribution is -2.50. The molecule has 1 aliphatic rings. The Bertz CT molecular complexity index is 717. The van der Waals surface area contributed by atoms with E-state index in [1.165, 1.54) is 0 Å². The normalized spacial score (nSPS) is 21.6. The molecule has 2 aromatic rings. The molecule has 24 heavy (non-hydrogen) atoms. The summed E-state index contributed by atoms with van der Waals surface area (Å²) in [6, 6.07) is 8.09. The summed E-state index contributed by atoms with van der Waals surface area (Å²) >= 11 is 0. The molecular weight excluding hydrogens is 304 g/mol. The number of likely N-dealkylation sites (N-methyl/N-ethyl adjacent to an activating group) is 1. The van der Waals surface area contributed by atoms with Gasteiger partial charge in [-0.05, 0) is 33.0 Å². The Morgan fingerprint density at radius 1 is 1.29 bits per heavy atom. The van der Waals surface area contributed by atoms with Crippen LogP contribution in [0.25, 0.3) is 11.0 Å². The van der Waals surface area contributed by atoms with Crippen molar-refractivity contribution in [2.24, 2.45) is 7.05 Å². The van der Waals surface area contributed by atoms with E-state index in [0.717, 1.165) is 16.9 Å². The van der Waals surface area contributed by atoms with E-state index in [0.29, 0.717) is 26.2 Å². The van der Waals surface area contributed by atoms with E-state index in [-0.39, 0.29) is 18.1 Å².